The van der Waals surface area contributed by atoms with Crippen molar-refractivity contribution >= 4 is 27.7 Å². The third kappa shape index (κ3) is 5.93. The molecule has 0 spiro atoms. The highest BCUT2D eigenvalue weighted by Gasteiger charge is 2.26. The van der Waals surface area contributed by atoms with Gasteiger partial charge in [-0.25, -0.2) is 0 Å². The molecule has 0 heterocycles. The van der Waals surface area contributed by atoms with Gasteiger partial charge < -0.3 is 10.2 Å². The molecule has 0 saturated heterocycles. The highest BCUT2D eigenvalue weighted by Crippen LogP contribution is 2.18. The summed E-state index contributed by atoms with van der Waals surface area (Å²) in [7, 11) is 0. The molecule has 0 aliphatic rings. The Morgan fingerprint density at radius 1 is 1.15 bits per heavy atom. The Morgan fingerprint density at radius 3 is 2.56 bits per heavy atom. The molecule has 0 aliphatic carbocycles. The van der Waals surface area contributed by atoms with Crippen LogP contribution in [0.4, 0.5) is 0 Å². The summed E-state index contributed by atoms with van der Waals surface area (Å²) in [6.45, 7) is 8.61. The fraction of sp³-hybridized carbons (Fsp3) is 0.364. The smallest absolute Gasteiger partial charge is 0.242 e. The molecule has 144 valence electrons. The number of benzene rings is 2. The second-order valence-corrected chi connectivity index (χ2v) is 7.74. The van der Waals surface area contributed by atoms with Crippen LogP contribution < -0.4 is 5.32 Å². The van der Waals surface area contributed by atoms with Gasteiger partial charge in [-0.1, -0.05) is 51.8 Å². The average Bonchev–Trinajstić information content (AvgIpc) is 2.62. The normalized spacial score (nSPS) is 11.7. The van der Waals surface area contributed by atoms with Crippen molar-refractivity contribution in [3.63, 3.8) is 0 Å². The van der Waals surface area contributed by atoms with Crippen molar-refractivity contribution in [1.82, 2.24) is 10.2 Å². The molecule has 0 saturated carbocycles. The Kier molecular flexibility index (Phi) is 7.60. The fourth-order valence-corrected chi connectivity index (χ4v) is 3.44. The van der Waals surface area contributed by atoms with Gasteiger partial charge in [0.05, 0.1) is 6.42 Å². The number of halogens is 1. The molecule has 2 aromatic rings. The lowest BCUT2D eigenvalue weighted by Crippen LogP contribution is -2.48. The molecular formula is C22H27BrN2O2. The Bertz CT molecular complexity index is 820. The van der Waals surface area contributed by atoms with Crippen LogP contribution >= 0.6 is 15.9 Å². The molecule has 4 nitrogen and oxygen atoms in total. The van der Waals surface area contributed by atoms with Gasteiger partial charge in [-0.05, 0) is 56.5 Å². The van der Waals surface area contributed by atoms with Crippen LogP contribution in [0.1, 0.15) is 36.1 Å². The summed E-state index contributed by atoms with van der Waals surface area (Å²) in [6.07, 6.45) is 0.283. The fourth-order valence-electron chi connectivity index (χ4n) is 2.99. The number of likely N-dealkylation sites (N-methyl/N-ethyl adjacent to an activating group) is 1. The third-order valence-electron chi connectivity index (χ3n) is 4.61. The molecule has 1 unspecified atom stereocenters. The molecule has 2 amide bonds. The second kappa shape index (κ2) is 9.70. The minimum atomic E-state index is -0.540. The first-order valence-corrected chi connectivity index (χ1v) is 9.99. The summed E-state index contributed by atoms with van der Waals surface area (Å²) in [4.78, 5) is 27.2. The van der Waals surface area contributed by atoms with E-state index in [-0.39, 0.29) is 18.2 Å². The van der Waals surface area contributed by atoms with Crippen molar-refractivity contribution in [1.29, 1.82) is 0 Å². The minimum absolute atomic E-state index is 0.0533. The Labute approximate surface area is 170 Å². The van der Waals surface area contributed by atoms with Crippen LogP contribution in [0.3, 0.4) is 0 Å². The van der Waals surface area contributed by atoms with Gasteiger partial charge in [-0.15, -0.1) is 0 Å². The van der Waals surface area contributed by atoms with Gasteiger partial charge in [0.1, 0.15) is 6.04 Å². The number of nitrogens with one attached hydrogen (secondary N) is 1. The van der Waals surface area contributed by atoms with Gasteiger partial charge in [-0.3, -0.25) is 9.59 Å². The van der Waals surface area contributed by atoms with Crippen LogP contribution in [-0.2, 0) is 22.6 Å². The molecule has 0 aliphatic heterocycles. The van der Waals surface area contributed by atoms with Crippen molar-refractivity contribution in [3.05, 3.63) is 69.2 Å². The van der Waals surface area contributed by atoms with E-state index in [9.17, 15) is 9.59 Å². The number of carbonyl (C=O) groups is 2. The Balaban J connectivity index is 2.28. The lowest BCUT2D eigenvalue weighted by molar-refractivity contribution is -0.140. The van der Waals surface area contributed by atoms with Crippen molar-refractivity contribution in [2.75, 3.05) is 6.54 Å². The summed E-state index contributed by atoms with van der Waals surface area (Å²) in [5.74, 6) is -0.191. The molecule has 1 atom stereocenters. The van der Waals surface area contributed by atoms with E-state index in [1.54, 1.807) is 11.8 Å². The highest BCUT2D eigenvalue weighted by molar-refractivity contribution is 9.10. The van der Waals surface area contributed by atoms with Gasteiger partial charge in [0.2, 0.25) is 11.8 Å². The Morgan fingerprint density at radius 2 is 1.89 bits per heavy atom. The number of carbonyl (C=O) groups excluding carboxylic acids is 2. The molecular weight excluding hydrogens is 404 g/mol. The molecule has 5 heteroatoms. The first-order chi connectivity index (χ1) is 12.8. The molecule has 0 radical (unpaired) electrons. The maximum Gasteiger partial charge on any atom is 0.242 e. The summed E-state index contributed by atoms with van der Waals surface area (Å²) < 4.78 is 0.951. The monoisotopic (exact) mass is 430 g/mol. The minimum Gasteiger partial charge on any atom is -0.355 e. The number of amides is 2. The van der Waals surface area contributed by atoms with Crippen LogP contribution in [0, 0.1) is 13.8 Å². The van der Waals surface area contributed by atoms with E-state index in [1.165, 1.54) is 0 Å². The van der Waals surface area contributed by atoms with E-state index in [0.717, 1.165) is 26.7 Å². The predicted octanol–water partition coefficient (Wildman–Crippen LogP) is 4.16. The van der Waals surface area contributed by atoms with Crippen molar-refractivity contribution < 1.29 is 9.59 Å². The predicted molar refractivity (Wildman–Crippen MR) is 112 cm³/mol. The van der Waals surface area contributed by atoms with E-state index in [0.29, 0.717) is 13.1 Å². The van der Waals surface area contributed by atoms with E-state index in [1.807, 2.05) is 63.2 Å². The highest BCUT2D eigenvalue weighted by atomic mass is 79.9. The quantitative estimate of drug-likeness (QED) is 0.716. The van der Waals surface area contributed by atoms with Gasteiger partial charge in [-0.2, -0.15) is 0 Å². The Hall–Kier alpha value is -2.14. The van der Waals surface area contributed by atoms with Gasteiger partial charge in [0.25, 0.3) is 0 Å². The van der Waals surface area contributed by atoms with Crippen molar-refractivity contribution in [2.24, 2.45) is 0 Å². The van der Waals surface area contributed by atoms with E-state index < -0.39 is 6.04 Å². The van der Waals surface area contributed by atoms with Crippen LogP contribution in [-0.4, -0.2) is 29.3 Å². The van der Waals surface area contributed by atoms with E-state index >= 15 is 0 Å². The average molecular weight is 431 g/mol. The summed E-state index contributed by atoms with van der Waals surface area (Å²) in [5.41, 5.74) is 4.19. The summed E-state index contributed by atoms with van der Waals surface area (Å²) in [5, 5.41) is 2.82. The van der Waals surface area contributed by atoms with Gasteiger partial charge in [0.15, 0.2) is 0 Å². The van der Waals surface area contributed by atoms with Crippen LogP contribution in [0.2, 0.25) is 0 Å². The molecule has 0 fully saturated rings. The van der Waals surface area contributed by atoms with E-state index in [2.05, 4.69) is 21.2 Å². The first kappa shape index (κ1) is 21.2. The van der Waals surface area contributed by atoms with Crippen LogP contribution in [0.5, 0.6) is 0 Å². The molecule has 1 N–H and O–H groups in total. The van der Waals surface area contributed by atoms with Gasteiger partial charge >= 0.3 is 0 Å². The number of rotatable bonds is 7. The van der Waals surface area contributed by atoms with E-state index in [4.69, 9.17) is 0 Å². The van der Waals surface area contributed by atoms with Crippen molar-refractivity contribution in [2.45, 2.75) is 46.7 Å². The number of nitrogens with zero attached hydrogens (tertiary/aromatic N) is 1. The molecule has 0 bridgehead atoms. The molecule has 0 aromatic heterocycles. The standard InChI is InChI=1S/C22H27BrN2O2/c1-5-24-22(27)17(4)25(14-18-7-6-8-20(23)12-18)21(26)13-19-11-15(2)9-10-16(19)3/h6-12,17H,5,13-14H2,1-4H3,(H,24,27). The maximum absolute atomic E-state index is 13.1. The summed E-state index contributed by atoms with van der Waals surface area (Å²) >= 11 is 3.47. The zero-order chi connectivity index (χ0) is 20.0. The zero-order valence-electron chi connectivity index (χ0n) is 16.4. The maximum atomic E-state index is 13.1. The zero-order valence-corrected chi connectivity index (χ0v) is 18.0. The largest absolute Gasteiger partial charge is 0.355 e. The molecule has 2 rings (SSSR count). The summed E-state index contributed by atoms with van der Waals surface area (Å²) in [6, 6.07) is 13.4. The third-order valence-corrected chi connectivity index (χ3v) is 5.10. The molecule has 2 aromatic carbocycles. The number of aryl methyl sites for hydroxylation is 2. The van der Waals surface area contributed by atoms with Crippen LogP contribution in [0.15, 0.2) is 46.9 Å². The number of hydrogen-bond donors (Lipinski definition) is 1. The lowest BCUT2D eigenvalue weighted by Gasteiger charge is -2.29. The van der Waals surface area contributed by atoms with Gasteiger partial charge in [0, 0.05) is 17.6 Å². The van der Waals surface area contributed by atoms with Crippen LogP contribution in [0.25, 0.3) is 0 Å². The number of hydrogen-bond acceptors (Lipinski definition) is 2. The molecule has 27 heavy (non-hydrogen) atoms. The second-order valence-electron chi connectivity index (χ2n) is 6.83. The SMILES string of the molecule is CCNC(=O)C(C)N(Cc1cccc(Br)c1)C(=O)Cc1cc(C)ccc1C. The first-order valence-electron chi connectivity index (χ1n) is 9.19. The van der Waals surface area contributed by atoms with Crippen molar-refractivity contribution in [3.8, 4) is 0 Å². The lowest BCUT2D eigenvalue weighted by atomic mass is 10.0. The topological polar surface area (TPSA) is 49.4 Å².